The third-order valence-electron chi connectivity index (χ3n) is 7.87. The van der Waals surface area contributed by atoms with Gasteiger partial charge in [0.15, 0.2) is 0 Å². The Labute approximate surface area is 262 Å². The van der Waals surface area contributed by atoms with E-state index < -0.39 is 66.0 Å². The van der Waals surface area contributed by atoms with Gasteiger partial charge in [0.1, 0.15) is 23.7 Å². The molecule has 2 fully saturated rings. The van der Waals surface area contributed by atoms with Crippen molar-refractivity contribution in [1.82, 2.24) is 10.3 Å². The summed E-state index contributed by atoms with van der Waals surface area (Å²) < 4.78 is 42.6. The Morgan fingerprint density at radius 1 is 1.20 bits per heavy atom. The van der Waals surface area contributed by atoms with E-state index in [0.29, 0.717) is 0 Å². The molecule has 1 unspecified atom stereocenters. The molecule has 234 valence electrons. The first-order chi connectivity index (χ1) is 21.2. The van der Waals surface area contributed by atoms with Crippen LogP contribution in [-0.4, -0.2) is 45.8 Å². The van der Waals surface area contributed by atoms with Crippen LogP contribution in [0.4, 0.5) is 24.7 Å². The lowest BCUT2D eigenvalue weighted by Crippen LogP contribution is -2.56. The number of pyridine rings is 1. The van der Waals surface area contributed by atoms with Crippen LogP contribution in [0.3, 0.4) is 0 Å². The number of amides is 3. The molecule has 3 amide bonds. The molecule has 0 bridgehead atoms. The zero-order chi connectivity index (χ0) is 32.7. The molecule has 13 heteroatoms. The first-order valence-electron chi connectivity index (χ1n) is 14.2. The second kappa shape index (κ2) is 12.1. The largest absolute Gasteiger partial charge is 0.386 e. The minimum Gasteiger partial charge on any atom is -0.386 e. The molecule has 1 saturated heterocycles. The molecule has 3 aromatic rings. The summed E-state index contributed by atoms with van der Waals surface area (Å²) >= 11 is 6.55. The van der Waals surface area contributed by atoms with Gasteiger partial charge in [-0.25, -0.2) is 18.2 Å². The second-order valence-electron chi connectivity index (χ2n) is 11.7. The average Bonchev–Trinajstić information content (AvgIpc) is 3.35. The minimum absolute atomic E-state index is 0.00793. The Morgan fingerprint density at radius 3 is 2.56 bits per heavy atom. The van der Waals surface area contributed by atoms with Gasteiger partial charge in [-0.05, 0) is 62.2 Å². The van der Waals surface area contributed by atoms with Gasteiger partial charge in [0.2, 0.25) is 11.8 Å². The Morgan fingerprint density at radius 2 is 1.91 bits per heavy atom. The number of carbonyl (C=O) groups is 3. The van der Waals surface area contributed by atoms with Crippen molar-refractivity contribution in [2.45, 2.75) is 69.2 Å². The Hall–Kier alpha value is -4.47. The Bertz CT molecular complexity index is 1700. The SMILES string of the molecule is CC(C)(O)c1cc(F)cc(N(C(=O)C2CCC(=O)N2c2cc(C#N)ccn2)[C@H](C(=O)NC2CC(F)(F)C2)c2ccccc2Cl)c1. The fourth-order valence-corrected chi connectivity index (χ4v) is 5.83. The summed E-state index contributed by atoms with van der Waals surface area (Å²) in [5, 5.41) is 22.8. The first kappa shape index (κ1) is 31.9. The molecule has 2 heterocycles. The molecule has 0 radical (unpaired) electrons. The molecule has 1 aliphatic carbocycles. The quantitative estimate of drug-likeness (QED) is 0.351. The van der Waals surface area contributed by atoms with Gasteiger partial charge in [-0.3, -0.25) is 24.2 Å². The van der Waals surface area contributed by atoms with Crippen molar-refractivity contribution in [1.29, 1.82) is 5.26 Å². The number of nitrogens with zero attached hydrogens (tertiary/aromatic N) is 4. The lowest BCUT2D eigenvalue weighted by atomic mass is 9.87. The van der Waals surface area contributed by atoms with E-state index in [4.69, 9.17) is 11.6 Å². The van der Waals surface area contributed by atoms with Crippen LogP contribution in [0, 0.1) is 17.1 Å². The molecule has 2 aliphatic rings. The third-order valence-corrected chi connectivity index (χ3v) is 8.21. The van der Waals surface area contributed by atoms with Crippen LogP contribution < -0.4 is 15.1 Å². The Balaban J connectivity index is 1.68. The van der Waals surface area contributed by atoms with E-state index in [9.17, 15) is 33.5 Å². The lowest BCUT2D eigenvalue weighted by Gasteiger charge is -2.39. The lowest BCUT2D eigenvalue weighted by molar-refractivity contribution is -0.133. The molecule has 45 heavy (non-hydrogen) atoms. The number of nitrogens with one attached hydrogen (secondary N) is 1. The maximum Gasteiger partial charge on any atom is 0.252 e. The highest BCUT2D eigenvalue weighted by Gasteiger charge is 2.49. The van der Waals surface area contributed by atoms with Gasteiger partial charge in [-0.2, -0.15) is 5.26 Å². The number of anilines is 2. The van der Waals surface area contributed by atoms with Crippen molar-refractivity contribution in [3.05, 3.63) is 88.3 Å². The number of hydrogen-bond acceptors (Lipinski definition) is 6. The zero-order valence-corrected chi connectivity index (χ0v) is 25.1. The van der Waals surface area contributed by atoms with Gasteiger partial charge in [-0.1, -0.05) is 29.8 Å². The van der Waals surface area contributed by atoms with Crippen molar-refractivity contribution in [3.63, 3.8) is 0 Å². The topological polar surface area (TPSA) is 127 Å². The van der Waals surface area contributed by atoms with E-state index in [2.05, 4.69) is 10.3 Å². The number of benzene rings is 2. The summed E-state index contributed by atoms with van der Waals surface area (Å²) in [6.45, 7) is 2.83. The van der Waals surface area contributed by atoms with E-state index in [-0.39, 0.29) is 46.1 Å². The first-order valence-corrected chi connectivity index (χ1v) is 14.5. The maximum absolute atomic E-state index is 15.2. The Kier molecular flexibility index (Phi) is 8.62. The number of hydrogen-bond donors (Lipinski definition) is 2. The van der Waals surface area contributed by atoms with Gasteiger partial charge < -0.3 is 10.4 Å². The smallest absolute Gasteiger partial charge is 0.252 e. The van der Waals surface area contributed by atoms with Crippen molar-refractivity contribution in [2.24, 2.45) is 0 Å². The summed E-state index contributed by atoms with van der Waals surface area (Å²) in [6.07, 6.45) is 0.0371. The molecule has 1 aromatic heterocycles. The predicted octanol–water partition coefficient (Wildman–Crippen LogP) is 5.16. The van der Waals surface area contributed by atoms with Crippen LogP contribution in [0.15, 0.2) is 60.8 Å². The zero-order valence-electron chi connectivity index (χ0n) is 24.3. The van der Waals surface area contributed by atoms with Crippen LogP contribution in [0.1, 0.15) is 62.3 Å². The van der Waals surface area contributed by atoms with Crippen LogP contribution in [0.25, 0.3) is 0 Å². The summed E-state index contributed by atoms with van der Waals surface area (Å²) in [5.41, 5.74) is -1.33. The van der Waals surface area contributed by atoms with Crippen LogP contribution in [-0.2, 0) is 20.0 Å². The fourth-order valence-electron chi connectivity index (χ4n) is 5.59. The summed E-state index contributed by atoms with van der Waals surface area (Å²) in [6, 6.07) is 10.5. The number of aromatic nitrogens is 1. The highest BCUT2D eigenvalue weighted by molar-refractivity contribution is 6.31. The number of rotatable bonds is 8. The number of halogens is 4. The number of alkyl halides is 2. The molecule has 1 saturated carbocycles. The van der Waals surface area contributed by atoms with Crippen molar-refractivity contribution in [3.8, 4) is 6.07 Å². The van der Waals surface area contributed by atoms with E-state index >= 15 is 4.39 Å². The molecule has 0 spiro atoms. The van der Waals surface area contributed by atoms with Crippen molar-refractivity contribution in [2.75, 3.05) is 9.80 Å². The number of carbonyl (C=O) groups excluding carboxylic acids is 3. The van der Waals surface area contributed by atoms with Crippen LogP contribution >= 0.6 is 11.6 Å². The fraction of sp³-hybridized carbons (Fsp3) is 0.344. The summed E-state index contributed by atoms with van der Waals surface area (Å²) in [4.78, 5) is 48.2. The standard InChI is InChI=1S/C32H29ClF3N5O4/c1-31(2,45)19-12-20(34)14-22(13-19)40(30(44)25-7-8-27(42)41(25)26-11-18(17-37)9-10-38-26)28(23-5-3-4-6-24(23)33)29(43)39-21-15-32(35,36)16-21/h3-6,9-14,21,25,28,45H,7-8,15-16H2,1-2H3,(H,39,43)/t25?,28-/m0/s1. The summed E-state index contributed by atoms with van der Waals surface area (Å²) in [7, 11) is 0. The third kappa shape index (κ3) is 6.65. The molecule has 2 atom stereocenters. The van der Waals surface area contributed by atoms with Gasteiger partial charge in [-0.15, -0.1) is 0 Å². The van der Waals surface area contributed by atoms with Gasteiger partial charge >= 0.3 is 0 Å². The molecule has 2 N–H and O–H groups in total. The molecule has 1 aliphatic heterocycles. The van der Waals surface area contributed by atoms with Crippen molar-refractivity contribution < 1.29 is 32.7 Å². The molecule has 9 nitrogen and oxygen atoms in total. The highest BCUT2D eigenvalue weighted by Crippen LogP contribution is 2.40. The average molecular weight is 640 g/mol. The van der Waals surface area contributed by atoms with Gasteiger partial charge in [0.25, 0.3) is 11.8 Å². The maximum atomic E-state index is 15.2. The summed E-state index contributed by atoms with van der Waals surface area (Å²) in [5.74, 6) is -5.90. The highest BCUT2D eigenvalue weighted by atomic mass is 35.5. The van der Waals surface area contributed by atoms with Gasteiger partial charge in [0, 0.05) is 47.8 Å². The van der Waals surface area contributed by atoms with E-state index in [0.717, 1.165) is 21.9 Å². The molecule has 2 aromatic carbocycles. The predicted molar refractivity (Wildman–Crippen MR) is 159 cm³/mol. The van der Waals surface area contributed by atoms with Gasteiger partial charge in [0.05, 0.1) is 17.2 Å². The molecular formula is C32H29ClF3N5O4. The van der Waals surface area contributed by atoms with E-state index in [1.165, 1.54) is 50.4 Å². The molecule has 5 rings (SSSR count). The van der Waals surface area contributed by atoms with E-state index in [1.54, 1.807) is 12.1 Å². The van der Waals surface area contributed by atoms with Crippen LogP contribution in [0.5, 0.6) is 0 Å². The van der Waals surface area contributed by atoms with Crippen LogP contribution in [0.2, 0.25) is 5.02 Å². The second-order valence-corrected chi connectivity index (χ2v) is 12.1. The monoisotopic (exact) mass is 639 g/mol. The van der Waals surface area contributed by atoms with Crippen molar-refractivity contribution >= 4 is 40.8 Å². The normalized spacial score (nSPS) is 18.6. The van der Waals surface area contributed by atoms with E-state index in [1.807, 2.05) is 6.07 Å². The molecular weight excluding hydrogens is 611 g/mol. The number of aliphatic hydroxyl groups is 1. The minimum atomic E-state index is -2.95. The number of nitriles is 1.